The summed E-state index contributed by atoms with van der Waals surface area (Å²) in [4.78, 5) is 0. The van der Waals surface area contributed by atoms with Crippen molar-refractivity contribution in [1.29, 1.82) is 0 Å². The Kier molecular flexibility index (Phi) is 3.95. The Morgan fingerprint density at radius 1 is 1.67 bits per heavy atom. The highest BCUT2D eigenvalue weighted by atomic mass is 35.6. The van der Waals surface area contributed by atoms with Crippen LogP contribution in [0.1, 0.15) is 0 Å². The Morgan fingerprint density at radius 2 is 2.11 bits per heavy atom. The van der Waals surface area contributed by atoms with E-state index in [1.54, 1.807) is 6.55 Å². The molecular formula is C4H12ClFOSi2. The van der Waals surface area contributed by atoms with Crippen LogP contribution in [0, 0.1) is 0 Å². The summed E-state index contributed by atoms with van der Waals surface area (Å²) in [6.07, 6.45) is -0.486. The van der Waals surface area contributed by atoms with Gasteiger partial charge in [-0.15, -0.1) is 11.1 Å². The van der Waals surface area contributed by atoms with Gasteiger partial charge in [-0.2, -0.15) is 0 Å². The van der Waals surface area contributed by atoms with Gasteiger partial charge in [0.15, 0.2) is 9.04 Å². The molecule has 0 saturated heterocycles. The van der Waals surface area contributed by atoms with E-state index < -0.39 is 23.0 Å². The van der Waals surface area contributed by atoms with Crippen molar-refractivity contribution < 1.29 is 8.51 Å². The molecule has 0 spiro atoms. The fraction of sp³-hybridized carbons (Fsp3) is 1.00. The summed E-state index contributed by atoms with van der Waals surface area (Å²) < 4.78 is 17.2. The minimum absolute atomic E-state index is 0.486. The van der Waals surface area contributed by atoms with Gasteiger partial charge in [0.05, 0.1) is 0 Å². The third-order valence-electron chi connectivity index (χ3n) is 0.720. The molecule has 0 aromatic heterocycles. The molecule has 0 radical (unpaired) electrons. The van der Waals surface area contributed by atoms with Crippen LogP contribution in [0.15, 0.2) is 0 Å². The summed E-state index contributed by atoms with van der Waals surface area (Å²) >= 11 is 5.69. The van der Waals surface area contributed by atoms with Gasteiger partial charge in [0, 0.05) is 0 Å². The molecule has 1 atom stereocenters. The van der Waals surface area contributed by atoms with E-state index in [2.05, 4.69) is 0 Å². The summed E-state index contributed by atoms with van der Waals surface area (Å²) in [6.45, 7) is 5.66. The lowest BCUT2D eigenvalue weighted by Crippen LogP contribution is -2.35. The first kappa shape index (κ1) is 9.61. The summed E-state index contributed by atoms with van der Waals surface area (Å²) in [5.41, 5.74) is 0. The highest BCUT2D eigenvalue weighted by Gasteiger charge is 2.27. The van der Waals surface area contributed by atoms with Crippen LogP contribution in [0.4, 0.5) is 4.39 Å². The first-order chi connectivity index (χ1) is 3.98. The Hall–Kier alpha value is 0.614. The van der Waals surface area contributed by atoms with E-state index in [1.807, 2.05) is 13.1 Å². The van der Waals surface area contributed by atoms with Crippen molar-refractivity contribution in [2.24, 2.45) is 0 Å². The van der Waals surface area contributed by atoms with Gasteiger partial charge >= 0.3 is 7.63 Å². The quantitative estimate of drug-likeness (QED) is 0.483. The molecule has 0 aromatic rings. The zero-order valence-corrected chi connectivity index (χ0v) is 8.86. The van der Waals surface area contributed by atoms with Gasteiger partial charge in [-0.05, 0) is 19.6 Å². The SMILES string of the molecule is C[SiH](C)O[Si](C)(Cl)CF. The molecule has 0 aromatic carbocycles. The normalized spacial score (nSPS) is 18.0. The zero-order valence-electron chi connectivity index (χ0n) is 5.95. The van der Waals surface area contributed by atoms with E-state index in [9.17, 15) is 4.39 Å². The number of alkyl halides is 1. The molecule has 9 heavy (non-hydrogen) atoms. The molecular weight excluding hydrogens is 175 g/mol. The van der Waals surface area contributed by atoms with Crippen LogP contribution in [-0.2, 0) is 4.12 Å². The van der Waals surface area contributed by atoms with Crippen LogP contribution in [0.2, 0.25) is 19.6 Å². The van der Waals surface area contributed by atoms with Crippen molar-refractivity contribution in [3.63, 3.8) is 0 Å². The minimum atomic E-state index is -2.37. The smallest absolute Gasteiger partial charge is 0.307 e. The van der Waals surface area contributed by atoms with Gasteiger partial charge in [-0.1, -0.05) is 0 Å². The molecule has 0 heterocycles. The number of hydrogen-bond acceptors (Lipinski definition) is 1. The first-order valence-electron chi connectivity index (χ1n) is 2.90. The lowest BCUT2D eigenvalue weighted by atomic mass is 11.8. The monoisotopic (exact) mass is 186 g/mol. The Balaban J connectivity index is 3.58. The molecule has 0 saturated carbocycles. The maximum absolute atomic E-state index is 12.0. The molecule has 0 N–H and O–H groups in total. The van der Waals surface area contributed by atoms with Gasteiger partial charge in [-0.25, -0.2) is 0 Å². The summed E-state index contributed by atoms with van der Waals surface area (Å²) in [5, 5.41) is 0. The second-order valence-corrected chi connectivity index (χ2v) is 10.3. The lowest BCUT2D eigenvalue weighted by Gasteiger charge is -2.18. The topological polar surface area (TPSA) is 9.23 Å². The average molecular weight is 187 g/mol. The Morgan fingerprint density at radius 3 is 2.22 bits per heavy atom. The molecule has 1 unspecified atom stereocenters. The Labute approximate surface area is 62.7 Å². The van der Waals surface area contributed by atoms with Crippen LogP contribution in [0.5, 0.6) is 0 Å². The lowest BCUT2D eigenvalue weighted by molar-refractivity contribution is 0.507. The highest BCUT2D eigenvalue weighted by Crippen LogP contribution is 2.11. The first-order valence-corrected chi connectivity index (χ1v) is 9.31. The molecule has 0 aliphatic carbocycles. The largest absolute Gasteiger partial charge is 0.446 e. The standard InChI is InChI=1S/C4H12ClFOSi2/c1-8(2)7-9(3,5)4-6/h8H,4H2,1-3H3. The van der Waals surface area contributed by atoms with Gasteiger partial charge in [0.1, 0.15) is 6.30 Å². The number of halogens is 2. The molecule has 0 amide bonds. The van der Waals surface area contributed by atoms with Crippen LogP contribution in [0.3, 0.4) is 0 Å². The molecule has 56 valence electrons. The predicted octanol–water partition coefficient (Wildman–Crippen LogP) is 1.81. The second kappa shape index (κ2) is 3.70. The van der Waals surface area contributed by atoms with Gasteiger partial charge in [0.2, 0.25) is 0 Å². The predicted molar refractivity (Wildman–Crippen MR) is 43.4 cm³/mol. The van der Waals surface area contributed by atoms with Crippen LogP contribution in [0.25, 0.3) is 0 Å². The average Bonchev–Trinajstić information content (AvgIpc) is 1.63. The maximum Gasteiger partial charge on any atom is 0.307 e. The van der Waals surface area contributed by atoms with Crippen molar-refractivity contribution in [1.82, 2.24) is 0 Å². The summed E-state index contributed by atoms with van der Waals surface area (Å²) in [7, 11) is -3.50. The fourth-order valence-corrected chi connectivity index (χ4v) is 6.31. The molecule has 0 fully saturated rings. The highest BCUT2D eigenvalue weighted by molar-refractivity contribution is 7.17. The zero-order chi connectivity index (χ0) is 7.49. The molecule has 1 nitrogen and oxygen atoms in total. The summed E-state index contributed by atoms with van der Waals surface area (Å²) in [5.74, 6) is 0. The van der Waals surface area contributed by atoms with Crippen molar-refractivity contribution in [2.75, 3.05) is 6.30 Å². The minimum Gasteiger partial charge on any atom is -0.446 e. The number of rotatable bonds is 3. The van der Waals surface area contributed by atoms with Gasteiger partial charge in [-0.3, -0.25) is 4.39 Å². The maximum atomic E-state index is 12.0. The van der Waals surface area contributed by atoms with Crippen LogP contribution in [-0.4, -0.2) is 23.0 Å². The van der Waals surface area contributed by atoms with Crippen molar-refractivity contribution in [2.45, 2.75) is 19.6 Å². The molecule has 0 aliphatic heterocycles. The van der Waals surface area contributed by atoms with Crippen LogP contribution >= 0.6 is 11.1 Å². The Bertz CT molecular complexity index is 88.6. The van der Waals surface area contributed by atoms with Crippen molar-refractivity contribution in [3.8, 4) is 0 Å². The third kappa shape index (κ3) is 5.08. The molecule has 0 rings (SSSR count). The van der Waals surface area contributed by atoms with E-state index in [0.717, 1.165) is 0 Å². The van der Waals surface area contributed by atoms with Crippen molar-refractivity contribution >= 4 is 27.7 Å². The van der Waals surface area contributed by atoms with E-state index in [1.165, 1.54) is 0 Å². The molecule has 5 heteroatoms. The molecule has 0 aliphatic rings. The van der Waals surface area contributed by atoms with E-state index in [-0.39, 0.29) is 0 Å². The second-order valence-electron chi connectivity index (χ2n) is 2.40. The number of hydrogen-bond donors (Lipinski definition) is 0. The fourth-order valence-electron chi connectivity index (χ4n) is 0.523. The summed E-state index contributed by atoms with van der Waals surface area (Å²) in [6, 6.07) is 0. The van der Waals surface area contributed by atoms with E-state index in [4.69, 9.17) is 15.2 Å². The van der Waals surface area contributed by atoms with E-state index >= 15 is 0 Å². The van der Waals surface area contributed by atoms with E-state index in [0.29, 0.717) is 0 Å². The van der Waals surface area contributed by atoms with Crippen LogP contribution < -0.4 is 0 Å². The van der Waals surface area contributed by atoms with Crippen molar-refractivity contribution in [3.05, 3.63) is 0 Å². The van der Waals surface area contributed by atoms with Gasteiger partial charge in [0.25, 0.3) is 0 Å². The molecule has 0 bridgehead atoms. The third-order valence-corrected chi connectivity index (χ3v) is 6.15. The van der Waals surface area contributed by atoms with Gasteiger partial charge < -0.3 is 4.12 Å².